The first-order chi connectivity index (χ1) is 13.3. The molecule has 3 aromatic rings. The van der Waals surface area contributed by atoms with Gasteiger partial charge >= 0.3 is 5.97 Å². The zero-order chi connectivity index (χ0) is 20.4. The third-order valence-corrected chi connectivity index (χ3v) is 4.08. The van der Waals surface area contributed by atoms with Gasteiger partial charge in [0.05, 0.1) is 0 Å². The number of anilines is 1. The van der Waals surface area contributed by atoms with Gasteiger partial charge in [0.2, 0.25) is 0 Å². The molecule has 0 spiro atoms. The minimum Gasteiger partial charge on any atom is -0.507 e. The van der Waals surface area contributed by atoms with Crippen LogP contribution in [0.15, 0.2) is 48.5 Å². The van der Waals surface area contributed by atoms with Crippen molar-refractivity contribution in [1.29, 1.82) is 0 Å². The van der Waals surface area contributed by atoms with E-state index in [2.05, 4.69) is 0 Å². The molecule has 0 bridgehead atoms. The third kappa shape index (κ3) is 3.57. The molecule has 3 aromatic carbocycles. The van der Waals surface area contributed by atoms with Crippen LogP contribution in [-0.2, 0) is 9.53 Å². The van der Waals surface area contributed by atoms with E-state index >= 15 is 0 Å². The summed E-state index contributed by atoms with van der Waals surface area (Å²) < 4.78 is 32.2. The Labute approximate surface area is 158 Å². The maximum absolute atomic E-state index is 13.6. The number of aromatic hydroxyl groups is 2. The van der Waals surface area contributed by atoms with Gasteiger partial charge in [-0.15, -0.1) is 0 Å². The molecule has 3 rings (SSSR count). The van der Waals surface area contributed by atoms with Crippen LogP contribution in [0.1, 0.15) is 17.3 Å². The molecule has 0 heterocycles. The number of hydrogen-bond donors (Lipinski definition) is 3. The van der Waals surface area contributed by atoms with Crippen molar-refractivity contribution < 1.29 is 33.3 Å². The fraction of sp³-hybridized carbons (Fsp3) is 0.100. The number of phenols is 2. The highest BCUT2D eigenvalue weighted by Crippen LogP contribution is 2.35. The summed E-state index contributed by atoms with van der Waals surface area (Å²) in [6.07, 6.45) is -1.43. The van der Waals surface area contributed by atoms with Gasteiger partial charge in [-0.3, -0.25) is 4.79 Å². The number of benzene rings is 3. The molecule has 0 aromatic heterocycles. The van der Waals surface area contributed by atoms with Gasteiger partial charge < -0.3 is 20.3 Å². The van der Waals surface area contributed by atoms with Crippen molar-refractivity contribution >= 4 is 28.3 Å². The summed E-state index contributed by atoms with van der Waals surface area (Å²) >= 11 is 0. The van der Waals surface area contributed by atoms with Crippen LogP contribution in [0, 0.1) is 11.6 Å². The normalized spacial score (nSPS) is 11.8. The quantitative estimate of drug-likeness (QED) is 0.469. The number of hydrogen-bond acceptors (Lipinski definition) is 5. The first-order valence-corrected chi connectivity index (χ1v) is 8.19. The Morgan fingerprint density at radius 2 is 1.61 bits per heavy atom. The van der Waals surface area contributed by atoms with Crippen molar-refractivity contribution in [3.8, 4) is 11.5 Å². The number of carbonyl (C=O) groups excluding carboxylic acids is 2. The van der Waals surface area contributed by atoms with E-state index in [1.54, 1.807) is 18.2 Å². The molecule has 0 unspecified atom stereocenters. The summed E-state index contributed by atoms with van der Waals surface area (Å²) in [6.45, 7) is 1.20. The summed E-state index contributed by atoms with van der Waals surface area (Å²) in [5.41, 5.74) is -1.02. The number of phenolic OH excluding ortho intramolecular Hbond substituents is 2. The highest BCUT2D eigenvalue weighted by Gasteiger charge is 2.24. The van der Waals surface area contributed by atoms with Crippen molar-refractivity contribution in [1.82, 2.24) is 0 Å². The van der Waals surface area contributed by atoms with Crippen LogP contribution in [-0.4, -0.2) is 28.2 Å². The first-order valence-electron chi connectivity index (χ1n) is 8.19. The number of rotatable bonds is 4. The topological polar surface area (TPSA) is 95.9 Å². The number of halogens is 2. The zero-order valence-corrected chi connectivity index (χ0v) is 14.6. The maximum atomic E-state index is 13.6. The van der Waals surface area contributed by atoms with Crippen molar-refractivity contribution in [2.24, 2.45) is 0 Å². The molecule has 28 heavy (non-hydrogen) atoms. The second-order valence-corrected chi connectivity index (χ2v) is 5.97. The van der Waals surface area contributed by atoms with Crippen LogP contribution in [0.5, 0.6) is 11.5 Å². The largest absolute Gasteiger partial charge is 0.507 e. The zero-order valence-electron chi connectivity index (χ0n) is 14.6. The summed E-state index contributed by atoms with van der Waals surface area (Å²) in [6, 6.07) is 10.4. The van der Waals surface area contributed by atoms with Crippen molar-refractivity contribution in [3.05, 3.63) is 65.7 Å². The maximum Gasteiger partial charge on any atom is 0.342 e. The predicted molar refractivity (Wildman–Crippen MR) is 97.1 cm³/mol. The monoisotopic (exact) mass is 387 g/mol. The lowest BCUT2D eigenvalue weighted by Gasteiger charge is -2.15. The van der Waals surface area contributed by atoms with Crippen molar-refractivity contribution in [2.45, 2.75) is 13.0 Å². The van der Waals surface area contributed by atoms with Crippen LogP contribution in [0.2, 0.25) is 0 Å². The minimum atomic E-state index is -1.43. The lowest BCUT2D eigenvalue weighted by atomic mass is 10.0. The molecule has 0 saturated heterocycles. The molecular formula is C20H15F2NO5. The van der Waals surface area contributed by atoms with Gasteiger partial charge in [0.15, 0.2) is 6.10 Å². The Morgan fingerprint density at radius 3 is 2.25 bits per heavy atom. The SMILES string of the molecule is C[C@@H](OC(=O)c1cc(O)c2ccccc2c1O)C(=O)Nc1c(F)cccc1F. The third-order valence-electron chi connectivity index (χ3n) is 4.08. The van der Waals surface area contributed by atoms with Gasteiger partial charge in [0.25, 0.3) is 5.91 Å². The van der Waals surface area contributed by atoms with Gasteiger partial charge in [-0.2, -0.15) is 0 Å². The van der Waals surface area contributed by atoms with Gasteiger partial charge in [-0.1, -0.05) is 30.3 Å². The number of amides is 1. The second-order valence-electron chi connectivity index (χ2n) is 5.97. The number of esters is 1. The number of ether oxygens (including phenoxy) is 1. The molecule has 8 heteroatoms. The van der Waals surface area contributed by atoms with E-state index in [0.29, 0.717) is 5.39 Å². The van der Waals surface area contributed by atoms with Crippen LogP contribution in [0.3, 0.4) is 0 Å². The van der Waals surface area contributed by atoms with Crippen LogP contribution >= 0.6 is 0 Å². The average molecular weight is 387 g/mol. The molecule has 0 saturated carbocycles. The van der Waals surface area contributed by atoms with E-state index in [0.717, 1.165) is 24.3 Å². The van der Waals surface area contributed by atoms with E-state index in [4.69, 9.17) is 4.74 Å². The molecule has 0 aliphatic rings. The molecule has 0 aliphatic heterocycles. The van der Waals surface area contributed by atoms with Crippen LogP contribution in [0.25, 0.3) is 10.8 Å². The van der Waals surface area contributed by atoms with Gasteiger partial charge in [0, 0.05) is 10.8 Å². The molecule has 0 aliphatic carbocycles. The Hall–Kier alpha value is -3.68. The summed E-state index contributed by atoms with van der Waals surface area (Å²) in [5.74, 6) is -4.71. The fourth-order valence-corrected chi connectivity index (χ4v) is 2.62. The Morgan fingerprint density at radius 1 is 1.00 bits per heavy atom. The first kappa shape index (κ1) is 19.1. The van der Waals surface area contributed by atoms with E-state index in [-0.39, 0.29) is 16.7 Å². The Kier molecular flexibility index (Phi) is 5.12. The number of fused-ring (bicyclic) bond motifs is 1. The molecule has 0 radical (unpaired) electrons. The summed E-state index contributed by atoms with van der Waals surface area (Å²) in [7, 11) is 0. The standard InChI is InChI=1S/C20H15F2NO5/c1-10(19(26)23-17-14(21)7-4-8-15(17)22)28-20(27)13-9-16(24)11-5-2-3-6-12(11)18(13)25/h2-10,24-25H,1H3,(H,23,26)/t10-/m1/s1. The van der Waals surface area contributed by atoms with Gasteiger partial charge in [-0.25, -0.2) is 13.6 Å². The highest BCUT2D eigenvalue weighted by atomic mass is 19.1. The predicted octanol–water partition coefficient (Wildman–Crippen LogP) is 3.71. The van der Waals surface area contributed by atoms with Crippen LogP contribution in [0.4, 0.5) is 14.5 Å². The lowest BCUT2D eigenvalue weighted by molar-refractivity contribution is -0.123. The summed E-state index contributed by atoms with van der Waals surface area (Å²) in [4.78, 5) is 24.5. The average Bonchev–Trinajstić information content (AvgIpc) is 2.67. The molecular weight excluding hydrogens is 372 g/mol. The Balaban J connectivity index is 1.80. The molecule has 0 fully saturated rings. The Bertz CT molecular complexity index is 1060. The molecule has 3 N–H and O–H groups in total. The van der Waals surface area contributed by atoms with Gasteiger partial charge in [0.1, 0.15) is 34.4 Å². The number of para-hydroxylation sites is 1. The highest BCUT2D eigenvalue weighted by molar-refractivity contribution is 6.04. The molecule has 6 nitrogen and oxygen atoms in total. The number of nitrogens with one attached hydrogen (secondary N) is 1. The smallest absolute Gasteiger partial charge is 0.342 e. The minimum absolute atomic E-state index is 0.222. The lowest BCUT2D eigenvalue weighted by Crippen LogP contribution is -2.30. The van der Waals surface area contributed by atoms with E-state index in [1.165, 1.54) is 13.0 Å². The fourth-order valence-electron chi connectivity index (χ4n) is 2.62. The number of carbonyl (C=O) groups is 2. The molecule has 144 valence electrons. The van der Waals surface area contributed by atoms with E-state index in [1.807, 2.05) is 5.32 Å². The van der Waals surface area contributed by atoms with Crippen molar-refractivity contribution in [3.63, 3.8) is 0 Å². The van der Waals surface area contributed by atoms with Gasteiger partial charge in [-0.05, 0) is 25.1 Å². The van der Waals surface area contributed by atoms with Crippen LogP contribution < -0.4 is 5.32 Å². The second kappa shape index (κ2) is 7.51. The molecule has 1 amide bonds. The van der Waals surface area contributed by atoms with E-state index in [9.17, 15) is 28.6 Å². The van der Waals surface area contributed by atoms with E-state index < -0.39 is 41.1 Å². The van der Waals surface area contributed by atoms with Crippen molar-refractivity contribution in [2.75, 3.05) is 5.32 Å². The summed E-state index contributed by atoms with van der Waals surface area (Å²) in [5, 5.41) is 22.9. The molecule has 1 atom stereocenters.